The first-order valence-corrected chi connectivity index (χ1v) is 2.02. The molecule has 0 aliphatic heterocycles. The molecule has 0 amide bonds. The number of halogens is 7. The molecule has 0 heterocycles. The molecule has 0 N–H and O–H groups in total. The summed E-state index contributed by atoms with van der Waals surface area (Å²) in [7, 11) is 0. The summed E-state index contributed by atoms with van der Waals surface area (Å²) in [5.41, 5.74) is 0. The highest BCUT2D eigenvalue weighted by Crippen LogP contribution is 1.81. The predicted octanol–water partition coefficient (Wildman–Crippen LogP) is -6.48. The maximum Gasteiger partial charge on any atom is 0.0903 e. The summed E-state index contributed by atoms with van der Waals surface area (Å²) in [5.74, 6) is -2.73. The molecule has 0 aliphatic rings. The molecule has 0 saturated heterocycles. The molecule has 11 heteroatoms. The highest BCUT2D eigenvalue weighted by Gasteiger charge is 1.85. The van der Waals surface area contributed by atoms with Gasteiger partial charge in [-0.25, -0.2) is 0 Å². The zero-order chi connectivity index (χ0) is 6.57. The summed E-state index contributed by atoms with van der Waals surface area (Å²) in [6, 6.07) is 0. The Bertz CT molecular complexity index is 108. The lowest BCUT2D eigenvalue weighted by atomic mass is 10.3. The third kappa shape index (κ3) is 70.7. The van der Waals surface area contributed by atoms with Gasteiger partial charge in [-0.2, -0.15) is 0 Å². The van der Waals surface area contributed by atoms with Crippen molar-refractivity contribution in [1.29, 1.82) is 0 Å². The van der Waals surface area contributed by atoms with Crippen LogP contribution in [0.1, 0.15) is 12.8 Å². The topological polar surface area (TPSA) is 80.3 Å². The third-order valence-electron chi connectivity index (χ3n) is 0.533. The van der Waals surface area contributed by atoms with Crippen LogP contribution in [0.3, 0.4) is 0 Å². The Hall–Kier alpha value is 0.970. The van der Waals surface area contributed by atoms with Crippen LogP contribution in [0.15, 0.2) is 0 Å². The van der Waals surface area contributed by atoms with E-state index in [1.54, 1.807) is 0 Å². The molecule has 0 aromatic rings. The van der Waals surface area contributed by atoms with Crippen molar-refractivity contribution in [3.05, 3.63) is 0 Å². The summed E-state index contributed by atoms with van der Waals surface area (Å²) in [5, 5.41) is 19.0. The van der Waals surface area contributed by atoms with Gasteiger partial charge < -0.3 is 19.8 Å². The fraction of sp³-hybridized carbons (Fsp3) is 0.500. The summed E-state index contributed by atoms with van der Waals surface area (Å²) in [6.45, 7) is 0. The van der Waals surface area contributed by atoms with Gasteiger partial charge in [-0.3, -0.25) is 0 Å². The largest absolute Gasteiger partial charge is 0.550 e. The quantitative estimate of drug-likeness (QED) is 0.489. The molecule has 0 radical (unpaired) electrons. The number of carbonyl (C=O) groups is 2. The molecule has 0 aromatic heterocycles. The Labute approximate surface area is 131 Å². The summed E-state index contributed by atoms with van der Waals surface area (Å²) >= 11 is 0. The second-order valence-electron chi connectivity index (χ2n) is 1.24. The van der Waals surface area contributed by atoms with E-state index in [4.69, 9.17) is 0 Å². The first-order valence-electron chi connectivity index (χ1n) is 2.02. The van der Waals surface area contributed by atoms with Crippen LogP contribution in [0.2, 0.25) is 0 Å². The smallest absolute Gasteiger partial charge is 0.0903 e. The van der Waals surface area contributed by atoms with Gasteiger partial charge in [-0.1, -0.05) is 0 Å². The van der Waals surface area contributed by atoms with Crippen molar-refractivity contribution in [3.8, 4) is 0 Å². The van der Waals surface area contributed by atoms with Crippen molar-refractivity contribution < 1.29 is 107 Å². The second-order valence-corrected chi connectivity index (χ2v) is 1.24. The second kappa shape index (κ2) is 36.3. The van der Waals surface area contributed by atoms with E-state index in [9.17, 15) is 19.8 Å². The number of aliphatic carboxylic acids is 2. The summed E-state index contributed by atoms with van der Waals surface area (Å²) < 4.78 is 0. The minimum atomic E-state index is -1.37. The molecule has 0 fully saturated rings. The Morgan fingerprint density at radius 2 is 0.733 bits per heavy atom. The molecule has 0 atom stereocenters. The normalized spacial score (nSPS) is 4.53. The SMILES string of the molecule is O=C([O-])CCC(=O)[O-].[ClH2+].[ClH2+].[ClH2+].[ClH2+].[ClH2+].[ClH2+].[ClH2+]. The van der Waals surface area contributed by atoms with E-state index in [0.29, 0.717) is 0 Å². The standard InChI is InChI=1S/C4H6O4.7ClH2/c5-3(6)1-2-4(7)8;;;;;;;/h1-2H2,(H,5,6)(H,7,8);7*1H2/q;7*+1/p-2. The van der Waals surface area contributed by atoms with E-state index < -0.39 is 24.8 Å². The number of carbonyl (C=O) groups excluding carboxylic acids is 2. The van der Waals surface area contributed by atoms with E-state index in [-0.39, 0.29) is 86.8 Å². The van der Waals surface area contributed by atoms with Crippen LogP contribution in [0.4, 0.5) is 0 Å². The Kier molecular flexibility index (Phi) is 136. The van der Waals surface area contributed by atoms with Crippen molar-refractivity contribution in [2.75, 3.05) is 0 Å². The Balaban J connectivity index is -0.0000000117. The number of rotatable bonds is 3. The Morgan fingerprint density at radius 3 is 0.800 bits per heavy atom. The average Bonchev–Trinajstić information content (AvgIpc) is 1.61. The van der Waals surface area contributed by atoms with Crippen LogP contribution in [0, 0.1) is 86.8 Å². The number of hydrogen-bond acceptors (Lipinski definition) is 4. The molecule has 0 bridgehead atoms. The van der Waals surface area contributed by atoms with E-state index in [2.05, 4.69) is 0 Å². The highest BCUT2D eigenvalue weighted by atomic mass is 35.5. The molecule has 0 aromatic carbocycles. The van der Waals surface area contributed by atoms with Crippen LogP contribution < -0.4 is 10.2 Å². The van der Waals surface area contributed by atoms with Crippen molar-refractivity contribution in [2.24, 2.45) is 0 Å². The number of carboxylic acids is 2. The molecular weight excluding hydrogens is 360 g/mol. The zero-order valence-corrected chi connectivity index (χ0v) is 13.4. The molecule has 102 valence electrons. The maximum absolute atomic E-state index is 9.50. The molecule has 0 aliphatic carbocycles. The van der Waals surface area contributed by atoms with Crippen LogP contribution in [0.25, 0.3) is 0 Å². The van der Waals surface area contributed by atoms with Crippen molar-refractivity contribution in [2.45, 2.75) is 12.8 Å². The summed E-state index contributed by atoms with van der Waals surface area (Å²) in [6.07, 6.45) is -0.940. The summed E-state index contributed by atoms with van der Waals surface area (Å²) in [4.78, 5) is 19.0. The Morgan fingerprint density at radius 1 is 0.600 bits per heavy atom. The fourth-order valence-corrected chi connectivity index (χ4v) is 0.204. The van der Waals surface area contributed by atoms with Gasteiger partial charge >= 0.3 is 0 Å². The van der Waals surface area contributed by atoms with Crippen molar-refractivity contribution in [3.63, 3.8) is 0 Å². The fourth-order valence-electron chi connectivity index (χ4n) is 0.204. The zero-order valence-electron chi connectivity index (χ0n) is 7.18. The lowest BCUT2D eigenvalue weighted by Gasteiger charge is -2.00. The first kappa shape index (κ1) is 56.3. The van der Waals surface area contributed by atoms with Crippen molar-refractivity contribution in [1.82, 2.24) is 0 Å². The molecular formula is C4H18Cl7O4+5. The number of carboxylic acid groups (broad SMARTS) is 2. The van der Waals surface area contributed by atoms with Crippen molar-refractivity contribution >= 4 is 11.9 Å². The minimum Gasteiger partial charge on any atom is -0.550 e. The van der Waals surface area contributed by atoms with E-state index >= 15 is 0 Å². The molecule has 0 rings (SSSR count). The van der Waals surface area contributed by atoms with E-state index in [1.165, 1.54) is 0 Å². The molecule has 0 unspecified atom stereocenters. The van der Waals surface area contributed by atoms with E-state index in [1.807, 2.05) is 0 Å². The van der Waals surface area contributed by atoms with Gasteiger partial charge in [0.25, 0.3) is 0 Å². The van der Waals surface area contributed by atoms with Crippen LogP contribution in [-0.4, -0.2) is 11.9 Å². The van der Waals surface area contributed by atoms with Gasteiger partial charge in [-0.15, -0.1) is 0 Å². The molecule has 15 heavy (non-hydrogen) atoms. The van der Waals surface area contributed by atoms with E-state index in [0.717, 1.165) is 0 Å². The average molecular weight is 378 g/mol. The molecule has 0 saturated carbocycles. The first-order chi connectivity index (χ1) is 3.63. The molecule has 0 spiro atoms. The van der Waals surface area contributed by atoms with Crippen LogP contribution in [-0.2, 0) is 9.59 Å². The van der Waals surface area contributed by atoms with Gasteiger partial charge in [0.2, 0.25) is 0 Å². The van der Waals surface area contributed by atoms with Crippen LogP contribution >= 0.6 is 0 Å². The molecule has 4 nitrogen and oxygen atoms in total. The highest BCUT2D eigenvalue weighted by molar-refractivity contribution is 5.72. The van der Waals surface area contributed by atoms with Gasteiger partial charge in [0.15, 0.2) is 0 Å². The lowest BCUT2D eigenvalue weighted by molar-refractivity contribution is -0.315. The third-order valence-corrected chi connectivity index (χ3v) is 0.533. The number of hydrogen-bond donors (Lipinski definition) is 0. The van der Waals surface area contributed by atoms with Gasteiger partial charge in [0, 0.05) is 11.9 Å². The minimum absolute atomic E-state index is 0. The van der Waals surface area contributed by atoms with Gasteiger partial charge in [-0.05, 0) is 12.8 Å². The van der Waals surface area contributed by atoms with Gasteiger partial charge in [0.05, 0.1) is 86.8 Å². The van der Waals surface area contributed by atoms with Crippen LogP contribution in [0.5, 0.6) is 0 Å². The maximum atomic E-state index is 9.50. The monoisotopic (exact) mass is 375 g/mol. The van der Waals surface area contributed by atoms with Gasteiger partial charge in [0.1, 0.15) is 0 Å². The lowest BCUT2D eigenvalue weighted by Crippen LogP contribution is -2.27. The predicted molar refractivity (Wildman–Crippen MR) is 38.8 cm³/mol.